The minimum Gasteiger partial charge on any atom is -0.462 e. The standard InChI is InChI=1S/C60H115O12P/c1-3-5-7-9-11-13-15-17-19-21-23-25-27-29-31-33-35-37-39-41-43-45-47-49-58(64)69-52-55(53-70-73(67,68)71-54-57(63)60(66)56(62)51-61)72-59(65)50-48-46-44-42-40-38-36-34-32-30-28-26-24-22-20-18-16-14-12-10-8-6-4-2/h19-22,55-57,60-63,66H,3-18,23-54H2,1-2H3,(H,67,68)/t55-,56-,57-,60+/m1/s1. The first-order valence-electron chi connectivity index (χ1n) is 30.5. The molecule has 12 nitrogen and oxygen atoms in total. The molecule has 0 aliphatic rings. The number of hydrogen-bond donors (Lipinski definition) is 5. The Morgan fingerprint density at radius 3 is 1.05 bits per heavy atom. The van der Waals surface area contributed by atoms with E-state index in [1.165, 1.54) is 218 Å². The fourth-order valence-electron chi connectivity index (χ4n) is 8.98. The van der Waals surface area contributed by atoms with Crippen LogP contribution in [0, 0.1) is 0 Å². The zero-order chi connectivity index (χ0) is 53.6. The molecule has 0 heterocycles. The third kappa shape index (κ3) is 52.2. The number of phosphoric acid groups is 1. The molecule has 0 rings (SSSR count). The molecule has 0 amide bonds. The van der Waals surface area contributed by atoms with Gasteiger partial charge in [0.1, 0.15) is 24.9 Å². The number of aliphatic hydroxyl groups excluding tert-OH is 4. The zero-order valence-electron chi connectivity index (χ0n) is 47.1. The van der Waals surface area contributed by atoms with E-state index in [0.717, 1.165) is 38.5 Å². The van der Waals surface area contributed by atoms with E-state index in [2.05, 4.69) is 38.2 Å². The van der Waals surface area contributed by atoms with Gasteiger partial charge in [0.2, 0.25) is 0 Å². The van der Waals surface area contributed by atoms with Crippen molar-refractivity contribution in [2.75, 3.05) is 26.4 Å². The molecular formula is C60H115O12P. The second-order valence-electron chi connectivity index (χ2n) is 21.0. The molecule has 432 valence electrons. The smallest absolute Gasteiger partial charge is 0.462 e. The molecule has 13 heteroatoms. The van der Waals surface area contributed by atoms with Gasteiger partial charge >= 0.3 is 19.8 Å². The van der Waals surface area contributed by atoms with E-state index in [-0.39, 0.29) is 19.4 Å². The van der Waals surface area contributed by atoms with Crippen molar-refractivity contribution >= 4 is 19.8 Å². The first kappa shape index (κ1) is 71.4. The number of unbranched alkanes of at least 4 members (excludes halogenated alkanes) is 38. The van der Waals surface area contributed by atoms with Gasteiger partial charge in [-0.05, 0) is 64.2 Å². The van der Waals surface area contributed by atoms with E-state index in [4.69, 9.17) is 23.6 Å². The van der Waals surface area contributed by atoms with Gasteiger partial charge in [-0.2, -0.15) is 0 Å². The predicted molar refractivity (Wildman–Crippen MR) is 300 cm³/mol. The molecule has 0 aromatic heterocycles. The van der Waals surface area contributed by atoms with Crippen LogP contribution in [0.2, 0.25) is 0 Å². The van der Waals surface area contributed by atoms with Crippen LogP contribution in [-0.2, 0) is 32.7 Å². The van der Waals surface area contributed by atoms with Crippen LogP contribution in [0.4, 0.5) is 0 Å². The fraction of sp³-hybridized carbons (Fsp3) is 0.900. The zero-order valence-corrected chi connectivity index (χ0v) is 48.0. The first-order chi connectivity index (χ1) is 35.6. The van der Waals surface area contributed by atoms with Crippen molar-refractivity contribution in [2.45, 2.75) is 321 Å². The van der Waals surface area contributed by atoms with Crippen LogP contribution in [0.5, 0.6) is 0 Å². The third-order valence-electron chi connectivity index (χ3n) is 13.8. The molecule has 1 unspecified atom stereocenters. The van der Waals surface area contributed by atoms with Crippen LogP contribution in [0.3, 0.4) is 0 Å². The number of aliphatic hydroxyl groups is 4. The van der Waals surface area contributed by atoms with Gasteiger partial charge in [0.25, 0.3) is 0 Å². The molecule has 0 radical (unpaired) electrons. The lowest BCUT2D eigenvalue weighted by Crippen LogP contribution is -2.41. The van der Waals surface area contributed by atoms with Crippen molar-refractivity contribution < 1.29 is 58.0 Å². The van der Waals surface area contributed by atoms with Gasteiger partial charge in [0.15, 0.2) is 6.10 Å². The molecule has 0 aromatic carbocycles. The number of phosphoric ester groups is 1. The quantitative estimate of drug-likeness (QED) is 0.0168. The summed E-state index contributed by atoms with van der Waals surface area (Å²) in [4.78, 5) is 35.6. The highest BCUT2D eigenvalue weighted by atomic mass is 31.2. The van der Waals surface area contributed by atoms with Crippen LogP contribution < -0.4 is 0 Å². The van der Waals surface area contributed by atoms with Gasteiger partial charge in [-0.3, -0.25) is 18.6 Å². The molecule has 5 atom stereocenters. The number of carbonyl (C=O) groups excluding carboxylic acids is 2. The molecule has 73 heavy (non-hydrogen) atoms. The summed E-state index contributed by atoms with van der Waals surface area (Å²) in [7, 11) is -4.83. The van der Waals surface area contributed by atoms with Gasteiger partial charge in [-0.15, -0.1) is 0 Å². The van der Waals surface area contributed by atoms with Crippen LogP contribution >= 0.6 is 7.82 Å². The molecule has 0 bridgehead atoms. The molecule has 0 aliphatic carbocycles. The van der Waals surface area contributed by atoms with Gasteiger partial charge < -0.3 is 34.8 Å². The number of allylic oxidation sites excluding steroid dienone is 4. The SMILES string of the molecule is CCCCCCCCCC=CCCCCCCCCCCCCCCC(=O)OC[C@H](COP(=O)(O)OC[C@@H](O)[C@@H](O)[C@H](O)CO)OC(=O)CCCCCCCCCCCCCCC=CCCCCCCCCC. The molecule has 0 saturated heterocycles. The maximum atomic E-state index is 12.8. The summed E-state index contributed by atoms with van der Waals surface area (Å²) in [6, 6.07) is 0. The average Bonchev–Trinajstić information content (AvgIpc) is 3.38. The van der Waals surface area contributed by atoms with Crippen molar-refractivity contribution in [1.29, 1.82) is 0 Å². The van der Waals surface area contributed by atoms with Crippen molar-refractivity contribution in [3.8, 4) is 0 Å². The van der Waals surface area contributed by atoms with E-state index in [1.54, 1.807) is 0 Å². The average molecular weight is 1060 g/mol. The van der Waals surface area contributed by atoms with E-state index in [0.29, 0.717) is 12.8 Å². The Kier molecular flexibility index (Phi) is 53.9. The first-order valence-corrected chi connectivity index (χ1v) is 32.0. The number of rotatable bonds is 58. The molecule has 0 spiro atoms. The lowest BCUT2D eigenvalue weighted by molar-refractivity contribution is -0.161. The number of ether oxygens (including phenoxy) is 2. The molecule has 0 fully saturated rings. The lowest BCUT2D eigenvalue weighted by Gasteiger charge is -2.23. The Balaban J connectivity index is 4.28. The van der Waals surface area contributed by atoms with Crippen molar-refractivity contribution in [2.24, 2.45) is 0 Å². The second kappa shape index (κ2) is 55.1. The van der Waals surface area contributed by atoms with Gasteiger partial charge in [0.05, 0.1) is 19.8 Å². The van der Waals surface area contributed by atoms with Crippen molar-refractivity contribution in [1.82, 2.24) is 0 Å². The Morgan fingerprint density at radius 1 is 0.411 bits per heavy atom. The summed E-state index contributed by atoms with van der Waals surface area (Å²) in [5, 5.41) is 38.3. The molecule has 0 aliphatic heterocycles. The van der Waals surface area contributed by atoms with Crippen LogP contribution in [0.25, 0.3) is 0 Å². The van der Waals surface area contributed by atoms with E-state index >= 15 is 0 Å². The normalized spacial score (nSPS) is 14.5. The number of carbonyl (C=O) groups is 2. The third-order valence-corrected chi connectivity index (χ3v) is 14.8. The highest BCUT2D eigenvalue weighted by Gasteiger charge is 2.30. The lowest BCUT2D eigenvalue weighted by atomic mass is 10.0. The predicted octanol–water partition coefficient (Wildman–Crippen LogP) is 16.0. The summed E-state index contributed by atoms with van der Waals surface area (Å²) >= 11 is 0. The monoisotopic (exact) mass is 1060 g/mol. The number of hydrogen-bond acceptors (Lipinski definition) is 11. The number of esters is 2. The molecular weight excluding hydrogens is 944 g/mol. The second-order valence-corrected chi connectivity index (χ2v) is 22.4. The highest BCUT2D eigenvalue weighted by Crippen LogP contribution is 2.43. The van der Waals surface area contributed by atoms with Gasteiger partial charge in [-0.25, -0.2) is 4.57 Å². The summed E-state index contributed by atoms with van der Waals surface area (Å²) in [5.74, 6) is -1.00. The molecule has 0 aromatic rings. The van der Waals surface area contributed by atoms with E-state index < -0.39 is 64.0 Å². The Hall–Kier alpha value is -1.63. The van der Waals surface area contributed by atoms with E-state index in [1.807, 2.05) is 0 Å². The minimum absolute atomic E-state index is 0.140. The highest BCUT2D eigenvalue weighted by molar-refractivity contribution is 7.47. The minimum atomic E-state index is -4.83. The van der Waals surface area contributed by atoms with Crippen LogP contribution in [-0.4, -0.2) is 88.1 Å². The van der Waals surface area contributed by atoms with Gasteiger partial charge in [0, 0.05) is 12.8 Å². The largest absolute Gasteiger partial charge is 0.472 e. The maximum absolute atomic E-state index is 12.8. The van der Waals surface area contributed by atoms with Gasteiger partial charge in [-0.1, -0.05) is 244 Å². The topological polar surface area (TPSA) is 189 Å². The van der Waals surface area contributed by atoms with Crippen molar-refractivity contribution in [3.63, 3.8) is 0 Å². The van der Waals surface area contributed by atoms with E-state index in [9.17, 15) is 34.4 Å². The summed E-state index contributed by atoms with van der Waals surface area (Å²) in [6.45, 7) is 1.81. The van der Waals surface area contributed by atoms with Crippen LogP contribution in [0.15, 0.2) is 24.3 Å². The molecule has 0 saturated carbocycles. The maximum Gasteiger partial charge on any atom is 0.472 e. The van der Waals surface area contributed by atoms with Crippen molar-refractivity contribution in [3.05, 3.63) is 24.3 Å². The summed E-state index contributed by atoms with van der Waals surface area (Å²) < 4.78 is 33.3. The Labute approximate surface area is 447 Å². The summed E-state index contributed by atoms with van der Waals surface area (Å²) in [5.41, 5.74) is 0. The Morgan fingerprint density at radius 2 is 0.712 bits per heavy atom. The summed E-state index contributed by atoms with van der Waals surface area (Å²) in [6.07, 6.45) is 55.3. The van der Waals surface area contributed by atoms with Crippen LogP contribution in [0.1, 0.15) is 296 Å². The fourth-order valence-corrected chi connectivity index (χ4v) is 9.75. The Bertz CT molecular complexity index is 1300. The molecule has 5 N–H and O–H groups in total.